The van der Waals surface area contributed by atoms with E-state index in [2.05, 4.69) is 15.5 Å². The van der Waals surface area contributed by atoms with Crippen molar-refractivity contribution in [2.45, 2.75) is 18.2 Å². The molecule has 1 aromatic carbocycles. The first-order chi connectivity index (χ1) is 9.58. The fraction of sp³-hybridized carbons (Fsp3) is 0.250. The van der Waals surface area contributed by atoms with Gasteiger partial charge in [-0.15, -0.1) is 22.0 Å². The Balaban J connectivity index is 1.87. The minimum absolute atomic E-state index is 0.0894. The molecular weight excluding hydrogens is 304 g/mol. The van der Waals surface area contributed by atoms with Crippen molar-refractivity contribution in [3.63, 3.8) is 0 Å². The van der Waals surface area contributed by atoms with Crippen LogP contribution in [0.5, 0.6) is 0 Å². The third-order valence-electron chi connectivity index (χ3n) is 2.28. The molecule has 1 heterocycles. The molecule has 0 aliphatic rings. The third-order valence-corrected chi connectivity index (χ3v) is 4.25. The molecule has 2 aromatic rings. The number of nitrogens with one attached hydrogen (secondary N) is 1. The van der Waals surface area contributed by atoms with Crippen LogP contribution in [0.3, 0.4) is 0 Å². The van der Waals surface area contributed by atoms with Gasteiger partial charge in [0.25, 0.3) is 0 Å². The number of aromatic nitrogens is 2. The summed E-state index contributed by atoms with van der Waals surface area (Å²) in [5.74, 6) is -2.00. The van der Waals surface area contributed by atoms with E-state index in [-0.39, 0.29) is 11.7 Å². The van der Waals surface area contributed by atoms with Gasteiger partial charge in [0, 0.05) is 4.90 Å². The van der Waals surface area contributed by atoms with Crippen molar-refractivity contribution in [2.75, 3.05) is 11.1 Å². The van der Waals surface area contributed by atoms with Gasteiger partial charge in [-0.25, -0.2) is 8.78 Å². The Labute approximate surface area is 122 Å². The van der Waals surface area contributed by atoms with E-state index in [0.717, 1.165) is 35.3 Å². The van der Waals surface area contributed by atoms with Crippen molar-refractivity contribution in [3.05, 3.63) is 34.8 Å². The van der Waals surface area contributed by atoms with E-state index in [0.29, 0.717) is 10.0 Å². The molecule has 0 saturated heterocycles. The molecule has 1 amide bonds. The van der Waals surface area contributed by atoms with E-state index in [1.807, 2.05) is 6.92 Å². The Morgan fingerprint density at radius 1 is 1.35 bits per heavy atom. The van der Waals surface area contributed by atoms with Gasteiger partial charge >= 0.3 is 0 Å². The zero-order chi connectivity index (χ0) is 14.5. The number of hydrogen-bond donors (Lipinski definition) is 1. The van der Waals surface area contributed by atoms with Gasteiger partial charge in [0.15, 0.2) is 11.6 Å². The molecule has 1 aromatic heterocycles. The lowest BCUT2D eigenvalue weighted by atomic mass is 10.3. The molecule has 20 heavy (non-hydrogen) atoms. The molecule has 1 N–H and O–H groups in total. The molecule has 0 aliphatic carbocycles. The van der Waals surface area contributed by atoms with Crippen molar-refractivity contribution in [2.24, 2.45) is 0 Å². The largest absolute Gasteiger partial charge is 0.300 e. The Morgan fingerprint density at radius 2 is 2.15 bits per heavy atom. The van der Waals surface area contributed by atoms with E-state index in [1.165, 1.54) is 17.4 Å². The minimum Gasteiger partial charge on any atom is -0.300 e. The standard InChI is InChI=1S/C12H11F2N3OS2/c1-2-11-16-17-12(20-11)15-10(18)6-19-7-3-4-8(13)9(14)5-7/h3-5H,2,6H2,1H3,(H,15,17,18). The molecule has 0 fully saturated rings. The molecule has 0 spiro atoms. The van der Waals surface area contributed by atoms with Crippen LogP contribution in [-0.2, 0) is 11.2 Å². The molecule has 0 radical (unpaired) electrons. The SMILES string of the molecule is CCc1nnc(NC(=O)CSc2ccc(F)c(F)c2)s1. The first kappa shape index (κ1) is 14.9. The van der Waals surface area contributed by atoms with Crippen LogP contribution in [0.1, 0.15) is 11.9 Å². The smallest absolute Gasteiger partial charge is 0.236 e. The van der Waals surface area contributed by atoms with Crippen LogP contribution in [0.2, 0.25) is 0 Å². The molecule has 0 bridgehead atoms. The normalized spacial score (nSPS) is 10.6. The van der Waals surface area contributed by atoms with Gasteiger partial charge in [-0.3, -0.25) is 10.1 Å². The van der Waals surface area contributed by atoms with Crippen molar-refractivity contribution >= 4 is 34.1 Å². The lowest BCUT2D eigenvalue weighted by Gasteiger charge is -2.02. The van der Waals surface area contributed by atoms with Gasteiger partial charge < -0.3 is 0 Å². The predicted molar refractivity (Wildman–Crippen MR) is 75.0 cm³/mol. The maximum absolute atomic E-state index is 13.0. The first-order valence-corrected chi connectivity index (χ1v) is 7.58. The summed E-state index contributed by atoms with van der Waals surface area (Å²) in [5, 5.41) is 11.6. The van der Waals surface area contributed by atoms with Gasteiger partial charge in [0.2, 0.25) is 11.0 Å². The summed E-state index contributed by atoms with van der Waals surface area (Å²) in [6.07, 6.45) is 0.761. The highest BCUT2D eigenvalue weighted by molar-refractivity contribution is 8.00. The second-order valence-electron chi connectivity index (χ2n) is 3.77. The summed E-state index contributed by atoms with van der Waals surface area (Å²) in [5.41, 5.74) is 0. The second kappa shape index (κ2) is 6.76. The van der Waals surface area contributed by atoms with Crippen LogP contribution < -0.4 is 5.32 Å². The van der Waals surface area contributed by atoms with Crippen molar-refractivity contribution in [3.8, 4) is 0 Å². The summed E-state index contributed by atoms with van der Waals surface area (Å²) in [4.78, 5) is 12.2. The zero-order valence-electron chi connectivity index (χ0n) is 10.5. The van der Waals surface area contributed by atoms with Gasteiger partial charge in [-0.1, -0.05) is 18.3 Å². The average Bonchev–Trinajstić information content (AvgIpc) is 2.88. The number of hydrogen-bond acceptors (Lipinski definition) is 5. The van der Waals surface area contributed by atoms with Gasteiger partial charge in [0.1, 0.15) is 5.01 Å². The van der Waals surface area contributed by atoms with Crippen LogP contribution in [0.25, 0.3) is 0 Å². The number of halogens is 2. The summed E-state index contributed by atoms with van der Waals surface area (Å²) < 4.78 is 25.7. The Kier molecular flexibility index (Phi) is 5.02. The van der Waals surface area contributed by atoms with Gasteiger partial charge in [-0.2, -0.15) is 0 Å². The van der Waals surface area contributed by atoms with E-state index in [9.17, 15) is 13.6 Å². The number of rotatable bonds is 5. The number of thioether (sulfide) groups is 1. The van der Waals surface area contributed by atoms with Crippen LogP contribution >= 0.6 is 23.1 Å². The van der Waals surface area contributed by atoms with Crippen molar-refractivity contribution in [1.82, 2.24) is 10.2 Å². The lowest BCUT2D eigenvalue weighted by molar-refractivity contribution is -0.113. The fourth-order valence-electron chi connectivity index (χ4n) is 1.32. The number of carbonyl (C=O) groups excluding carboxylic acids is 1. The topological polar surface area (TPSA) is 54.9 Å². The van der Waals surface area contributed by atoms with Crippen LogP contribution in [0, 0.1) is 11.6 Å². The van der Waals surface area contributed by atoms with Crippen molar-refractivity contribution in [1.29, 1.82) is 0 Å². The molecule has 4 nitrogen and oxygen atoms in total. The number of carbonyl (C=O) groups is 1. The van der Waals surface area contributed by atoms with E-state index >= 15 is 0 Å². The number of nitrogens with zero attached hydrogens (tertiary/aromatic N) is 2. The highest BCUT2D eigenvalue weighted by Gasteiger charge is 2.09. The number of benzene rings is 1. The molecule has 106 valence electrons. The molecular formula is C12H11F2N3OS2. The summed E-state index contributed by atoms with van der Waals surface area (Å²) >= 11 is 2.44. The highest BCUT2D eigenvalue weighted by atomic mass is 32.2. The van der Waals surface area contributed by atoms with Crippen LogP contribution in [-0.4, -0.2) is 21.9 Å². The van der Waals surface area contributed by atoms with Crippen LogP contribution in [0.4, 0.5) is 13.9 Å². The average molecular weight is 315 g/mol. The quantitative estimate of drug-likeness (QED) is 0.861. The zero-order valence-corrected chi connectivity index (χ0v) is 12.2. The molecule has 0 aliphatic heterocycles. The Hall–Kier alpha value is -1.54. The molecule has 0 unspecified atom stereocenters. The number of amides is 1. The summed E-state index contributed by atoms with van der Waals surface area (Å²) in [6.45, 7) is 1.95. The molecule has 2 rings (SSSR count). The minimum atomic E-state index is -0.924. The van der Waals surface area contributed by atoms with E-state index in [4.69, 9.17) is 0 Å². The summed E-state index contributed by atoms with van der Waals surface area (Å²) in [6, 6.07) is 3.53. The van der Waals surface area contributed by atoms with Crippen LogP contribution in [0.15, 0.2) is 23.1 Å². The van der Waals surface area contributed by atoms with E-state index < -0.39 is 11.6 Å². The van der Waals surface area contributed by atoms with E-state index in [1.54, 1.807) is 0 Å². The maximum Gasteiger partial charge on any atom is 0.236 e. The third kappa shape index (κ3) is 3.97. The predicted octanol–water partition coefficient (Wildman–Crippen LogP) is 3.11. The highest BCUT2D eigenvalue weighted by Crippen LogP contribution is 2.21. The van der Waals surface area contributed by atoms with Gasteiger partial charge in [0.05, 0.1) is 5.75 Å². The fourth-order valence-corrected chi connectivity index (χ4v) is 2.73. The van der Waals surface area contributed by atoms with Gasteiger partial charge in [-0.05, 0) is 24.6 Å². The lowest BCUT2D eigenvalue weighted by Crippen LogP contribution is -2.13. The molecule has 0 atom stereocenters. The Morgan fingerprint density at radius 3 is 2.80 bits per heavy atom. The Bertz CT molecular complexity index is 618. The van der Waals surface area contributed by atoms with Crippen molar-refractivity contribution < 1.29 is 13.6 Å². The molecule has 0 saturated carbocycles. The molecule has 8 heteroatoms. The monoisotopic (exact) mass is 315 g/mol. The number of anilines is 1. The second-order valence-corrected chi connectivity index (χ2v) is 5.88. The maximum atomic E-state index is 13.0. The number of aryl methyl sites for hydroxylation is 1. The first-order valence-electron chi connectivity index (χ1n) is 5.78. The summed E-state index contributed by atoms with van der Waals surface area (Å²) in [7, 11) is 0.